The molecule has 5 rings (SSSR count). The second-order valence-corrected chi connectivity index (χ2v) is 11.2. The second-order valence-electron chi connectivity index (χ2n) is 9.90. The molecule has 5 aromatic rings. The number of thioether (sulfide) groups is 1. The number of nitrogens with one attached hydrogen (secondary N) is 1. The number of carbonyl (C=O) groups excluding carboxylic acids is 1. The Morgan fingerprint density at radius 1 is 0.870 bits per heavy atom. The molecule has 0 saturated heterocycles. The standard InChI is InChI=1S/C33H31N5O7S/c1-21(32(39)34-27-20-24(38(40)41)13-17-28(27)42-2)46-33-36-35-31(19-22-10-16-29(43-3)30(18-22)44-4)37(33)23-11-14-26(15-12-23)45-25-8-6-5-7-9-25/h5-18,20-21H,19H2,1-4H3,(H,34,39). The third-order valence-corrected chi connectivity index (χ3v) is 7.93. The molecule has 12 nitrogen and oxygen atoms in total. The highest BCUT2D eigenvalue weighted by atomic mass is 32.2. The average molecular weight is 642 g/mol. The van der Waals surface area contributed by atoms with E-state index in [9.17, 15) is 14.9 Å². The van der Waals surface area contributed by atoms with Crippen LogP contribution in [0.3, 0.4) is 0 Å². The number of rotatable bonds is 13. The van der Waals surface area contributed by atoms with Gasteiger partial charge in [-0.3, -0.25) is 19.5 Å². The monoisotopic (exact) mass is 641 g/mol. The molecule has 236 valence electrons. The molecule has 4 aromatic carbocycles. The van der Waals surface area contributed by atoms with Crippen LogP contribution in [-0.4, -0.2) is 52.2 Å². The quantitative estimate of drug-likeness (QED) is 0.0839. The number of amides is 1. The van der Waals surface area contributed by atoms with E-state index in [-0.39, 0.29) is 11.4 Å². The Morgan fingerprint density at radius 3 is 2.22 bits per heavy atom. The van der Waals surface area contributed by atoms with Gasteiger partial charge < -0.3 is 24.3 Å². The minimum absolute atomic E-state index is 0.171. The fraction of sp³-hybridized carbons (Fsp3) is 0.182. The van der Waals surface area contributed by atoms with Crippen LogP contribution in [0.2, 0.25) is 0 Å². The summed E-state index contributed by atoms with van der Waals surface area (Å²) >= 11 is 1.19. The molecule has 46 heavy (non-hydrogen) atoms. The van der Waals surface area contributed by atoms with Crippen LogP contribution in [0, 0.1) is 10.1 Å². The number of ether oxygens (including phenoxy) is 4. The van der Waals surface area contributed by atoms with Crippen LogP contribution < -0.4 is 24.3 Å². The largest absolute Gasteiger partial charge is 0.495 e. The van der Waals surface area contributed by atoms with Gasteiger partial charge in [-0.1, -0.05) is 36.0 Å². The number of methoxy groups -OCH3 is 3. The van der Waals surface area contributed by atoms with Gasteiger partial charge in [0.25, 0.3) is 5.69 Å². The Balaban J connectivity index is 1.44. The summed E-state index contributed by atoms with van der Waals surface area (Å²) in [5.41, 5.74) is 1.70. The van der Waals surface area contributed by atoms with Crippen LogP contribution in [-0.2, 0) is 11.2 Å². The first-order chi connectivity index (χ1) is 22.3. The zero-order valence-corrected chi connectivity index (χ0v) is 26.3. The predicted octanol–water partition coefficient (Wildman–Crippen LogP) is 6.70. The summed E-state index contributed by atoms with van der Waals surface area (Å²) in [5.74, 6) is 3.09. The van der Waals surface area contributed by atoms with Crippen LogP contribution in [0.1, 0.15) is 18.3 Å². The molecule has 1 aromatic heterocycles. The average Bonchev–Trinajstić information content (AvgIpc) is 3.46. The van der Waals surface area contributed by atoms with E-state index in [4.69, 9.17) is 18.9 Å². The Labute approximate surface area is 269 Å². The van der Waals surface area contributed by atoms with Gasteiger partial charge >= 0.3 is 0 Å². The first-order valence-corrected chi connectivity index (χ1v) is 15.0. The number of hydrogen-bond donors (Lipinski definition) is 1. The molecular weight excluding hydrogens is 610 g/mol. The molecule has 0 saturated carbocycles. The lowest BCUT2D eigenvalue weighted by atomic mass is 10.1. The zero-order chi connectivity index (χ0) is 32.6. The maximum Gasteiger partial charge on any atom is 0.271 e. The number of carbonyl (C=O) groups is 1. The van der Waals surface area contributed by atoms with E-state index < -0.39 is 16.1 Å². The van der Waals surface area contributed by atoms with Crippen molar-refractivity contribution in [2.75, 3.05) is 26.6 Å². The number of para-hydroxylation sites is 1. The van der Waals surface area contributed by atoms with Gasteiger partial charge in [-0.05, 0) is 67.1 Å². The maximum atomic E-state index is 13.3. The summed E-state index contributed by atoms with van der Waals surface area (Å²) in [6.45, 7) is 1.72. The first kappa shape index (κ1) is 31.9. The lowest BCUT2D eigenvalue weighted by molar-refractivity contribution is -0.384. The van der Waals surface area contributed by atoms with Crippen molar-refractivity contribution in [1.82, 2.24) is 14.8 Å². The normalized spacial score (nSPS) is 11.4. The second kappa shape index (κ2) is 14.5. The molecule has 0 aliphatic carbocycles. The van der Waals surface area contributed by atoms with Crippen molar-refractivity contribution in [2.45, 2.75) is 23.8 Å². The minimum atomic E-state index is -0.665. The van der Waals surface area contributed by atoms with Crippen LogP contribution in [0.25, 0.3) is 5.69 Å². The third-order valence-electron chi connectivity index (χ3n) is 6.89. The van der Waals surface area contributed by atoms with Gasteiger partial charge in [0.2, 0.25) is 5.91 Å². The summed E-state index contributed by atoms with van der Waals surface area (Å²) < 4.78 is 24.0. The van der Waals surface area contributed by atoms with Crippen molar-refractivity contribution in [2.24, 2.45) is 0 Å². The number of nitro groups is 1. The van der Waals surface area contributed by atoms with Gasteiger partial charge in [-0.25, -0.2) is 0 Å². The fourth-order valence-electron chi connectivity index (χ4n) is 4.56. The van der Waals surface area contributed by atoms with E-state index in [1.165, 1.54) is 37.1 Å². The predicted molar refractivity (Wildman–Crippen MR) is 174 cm³/mol. The molecule has 0 radical (unpaired) electrons. The Hall–Kier alpha value is -5.56. The number of nitrogens with zero attached hydrogens (tertiary/aromatic N) is 4. The van der Waals surface area contributed by atoms with Crippen LogP contribution in [0.5, 0.6) is 28.7 Å². The van der Waals surface area contributed by atoms with E-state index in [2.05, 4.69) is 15.5 Å². The molecule has 0 fully saturated rings. The van der Waals surface area contributed by atoms with E-state index >= 15 is 0 Å². The third kappa shape index (κ3) is 7.38. The molecule has 1 N–H and O–H groups in total. The molecular formula is C33H31N5O7S. The fourth-order valence-corrected chi connectivity index (χ4v) is 5.45. The van der Waals surface area contributed by atoms with Gasteiger partial charge in [0.1, 0.15) is 23.1 Å². The number of non-ortho nitro benzene ring substituents is 1. The molecule has 1 atom stereocenters. The van der Waals surface area contributed by atoms with Crippen LogP contribution in [0.15, 0.2) is 96.2 Å². The van der Waals surface area contributed by atoms with E-state index in [1.54, 1.807) is 21.1 Å². The zero-order valence-electron chi connectivity index (χ0n) is 25.5. The summed E-state index contributed by atoms with van der Waals surface area (Å²) in [6, 6.07) is 26.6. The van der Waals surface area contributed by atoms with Crippen molar-refractivity contribution >= 4 is 29.0 Å². The summed E-state index contributed by atoms with van der Waals surface area (Å²) in [6.07, 6.45) is 0.404. The highest BCUT2D eigenvalue weighted by molar-refractivity contribution is 8.00. The van der Waals surface area contributed by atoms with Gasteiger partial charge in [0.05, 0.1) is 37.2 Å². The lowest BCUT2D eigenvalue weighted by Crippen LogP contribution is -2.23. The van der Waals surface area contributed by atoms with Crippen molar-refractivity contribution in [3.63, 3.8) is 0 Å². The highest BCUT2D eigenvalue weighted by Gasteiger charge is 2.23. The van der Waals surface area contributed by atoms with Gasteiger partial charge in [0, 0.05) is 24.2 Å². The Morgan fingerprint density at radius 2 is 1.54 bits per heavy atom. The molecule has 0 bridgehead atoms. The summed E-state index contributed by atoms with van der Waals surface area (Å²) in [5, 5.41) is 22.8. The molecule has 0 aliphatic rings. The Bertz CT molecular complexity index is 1830. The number of aromatic nitrogens is 3. The van der Waals surface area contributed by atoms with Crippen LogP contribution >= 0.6 is 11.8 Å². The van der Waals surface area contributed by atoms with E-state index in [1.807, 2.05) is 77.4 Å². The van der Waals surface area contributed by atoms with Crippen molar-refractivity contribution < 1.29 is 28.7 Å². The summed E-state index contributed by atoms with van der Waals surface area (Å²) in [4.78, 5) is 24.1. The smallest absolute Gasteiger partial charge is 0.271 e. The maximum absolute atomic E-state index is 13.3. The SMILES string of the molecule is COc1ccc([N+](=O)[O-])cc1NC(=O)C(C)Sc1nnc(Cc2ccc(OC)c(OC)c2)n1-c1ccc(Oc2ccccc2)cc1. The number of anilines is 1. The molecule has 1 heterocycles. The van der Waals surface area contributed by atoms with Gasteiger partial charge in [-0.15, -0.1) is 10.2 Å². The topological polar surface area (TPSA) is 140 Å². The highest BCUT2D eigenvalue weighted by Crippen LogP contribution is 2.33. The number of benzene rings is 4. The molecule has 13 heteroatoms. The van der Waals surface area contributed by atoms with Crippen molar-refractivity contribution in [3.8, 4) is 34.4 Å². The van der Waals surface area contributed by atoms with E-state index in [0.717, 1.165) is 11.3 Å². The molecule has 1 amide bonds. The molecule has 1 unspecified atom stereocenters. The Kier molecular flexibility index (Phi) is 10.0. The number of nitro benzene ring substituents is 1. The summed E-state index contributed by atoms with van der Waals surface area (Å²) in [7, 11) is 4.58. The minimum Gasteiger partial charge on any atom is -0.495 e. The van der Waals surface area contributed by atoms with Gasteiger partial charge in [-0.2, -0.15) is 0 Å². The van der Waals surface area contributed by atoms with Gasteiger partial charge in [0.15, 0.2) is 16.7 Å². The number of hydrogen-bond acceptors (Lipinski definition) is 10. The lowest BCUT2D eigenvalue weighted by Gasteiger charge is -2.16. The van der Waals surface area contributed by atoms with E-state index in [0.29, 0.717) is 46.1 Å². The molecule has 0 aliphatic heterocycles. The first-order valence-electron chi connectivity index (χ1n) is 14.1. The molecule has 0 spiro atoms. The van der Waals surface area contributed by atoms with Crippen molar-refractivity contribution in [1.29, 1.82) is 0 Å². The van der Waals surface area contributed by atoms with Crippen LogP contribution in [0.4, 0.5) is 11.4 Å². The van der Waals surface area contributed by atoms with Crippen molar-refractivity contribution in [3.05, 3.63) is 112 Å².